The highest BCUT2D eigenvalue weighted by Crippen LogP contribution is 2.25. The number of unbranched alkanes of at least 4 members (excludes halogenated alkanes) is 2. The number of rotatable bonds is 10. The van der Waals surface area contributed by atoms with Crippen LogP contribution in [0.1, 0.15) is 124 Å². The lowest BCUT2D eigenvalue weighted by atomic mass is 10.0. The zero-order valence-electron chi connectivity index (χ0n) is 26.6. The Balaban J connectivity index is -0.000000476. The first-order chi connectivity index (χ1) is 18.5. The molecule has 0 radical (unpaired) electrons. The number of nitro benzene ring substituents is 1. The van der Waals surface area contributed by atoms with E-state index in [1.165, 1.54) is 44.9 Å². The molecule has 0 bridgehead atoms. The van der Waals surface area contributed by atoms with E-state index in [2.05, 4.69) is 53.5 Å². The van der Waals surface area contributed by atoms with Crippen LogP contribution in [0.2, 0.25) is 5.15 Å². The minimum absolute atomic E-state index is 0.0710. The van der Waals surface area contributed by atoms with Gasteiger partial charge in [-0.25, -0.2) is 4.98 Å². The van der Waals surface area contributed by atoms with Gasteiger partial charge in [0.25, 0.3) is 5.69 Å². The molecule has 1 N–H and O–H groups in total. The summed E-state index contributed by atoms with van der Waals surface area (Å²) in [5.41, 5.74) is 3.66. The monoisotopic (exact) mass is 565 g/mol. The number of aryl methyl sites for hydroxylation is 2. The van der Waals surface area contributed by atoms with Crippen LogP contribution >= 0.6 is 11.6 Å². The number of non-ortho nitro benzene ring substituents is 1. The van der Waals surface area contributed by atoms with Gasteiger partial charge in [0.05, 0.1) is 18.1 Å². The van der Waals surface area contributed by atoms with Crippen molar-refractivity contribution in [1.82, 2.24) is 4.98 Å². The molecule has 224 valence electrons. The number of hydrogen-bond donors (Lipinski definition) is 1. The third kappa shape index (κ3) is 21.1. The van der Waals surface area contributed by atoms with Crippen molar-refractivity contribution in [2.24, 2.45) is 5.92 Å². The molecule has 39 heavy (non-hydrogen) atoms. The fourth-order valence-corrected chi connectivity index (χ4v) is 3.11. The third-order valence-electron chi connectivity index (χ3n) is 5.43. The largest absolute Gasteiger partial charge is 0.496 e. The van der Waals surface area contributed by atoms with E-state index in [9.17, 15) is 10.1 Å². The minimum atomic E-state index is -0.418. The molecule has 0 atom stereocenters. The highest BCUT2D eigenvalue weighted by Gasteiger charge is 2.10. The molecule has 0 aliphatic carbocycles. The van der Waals surface area contributed by atoms with E-state index in [4.69, 9.17) is 21.7 Å². The van der Waals surface area contributed by atoms with Crippen molar-refractivity contribution >= 4 is 23.0 Å². The van der Waals surface area contributed by atoms with Crippen LogP contribution in [-0.2, 0) is 6.42 Å². The molecule has 1 heterocycles. The molecular formula is C32H56ClN3O3. The molecule has 0 unspecified atom stereocenters. The van der Waals surface area contributed by atoms with Crippen molar-refractivity contribution in [3.8, 4) is 5.75 Å². The molecule has 0 amide bonds. The van der Waals surface area contributed by atoms with Crippen molar-refractivity contribution in [3.05, 3.63) is 62.4 Å². The first-order valence-electron chi connectivity index (χ1n) is 14.5. The Hall–Kier alpha value is -2.47. The summed E-state index contributed by atoms with van der Waals surface area (Å²) in [6.07, 6.45) is 10.7. The average molecular weight is 566 g/mol. The van der Waals surface area contributed by atoms with Gasteiger partial charge in [0.1, 0.15) is 10.9 Å². The smallest absolute Gasteiger partial charge is 0.273 e. The van der Waals surface area contributed by atoms with Crippen LogP contribution in [0.5, 0.6) is 5.75 Å². The van der Waals surface area contributed by atoms with Crippen LogP contribution in [0.25, 0.3) is 0 Å². The van der Waals surface area contributed by atoms with Crippen LogP contribution < -0.4 is 4.74 Å². The van der Waals surface area contributed by atoms with Gasteiger partial charge in [-0.3, -0.25) is 10.1 Å². The lowest BCUT2D eigenvalue weighted by Crippen LogP contribution is -2.01. The zero-order valence-corrected chi connectivity index (χ0v) is 27.4. The summed E-state index contributed by atoms with van der Waals surface area (Å²) in [7, 11) is 1.53. The Bertz CT molecular complexity index is 900. The summed E-state index contributed by atoms with van der Waals surface area (Å²) in [5, 5.41) is 18.7. The predicted molar refractivity (Wildman–Crippen MR) is 171 cm³/mol. The van der Waals surface area contributed by atoms with Crippen LogP contribution in [0.15, 0.2) is 30.5 Å². The van der Waals surface area contributed by atoms with Crippen molar-refractivity contribution in [1.29, 1.82) is 5.41 Å². The van der Waals surface area contributed by atoms with Gasteiger partial charge >= 0.3 is 0 Å². The molecule has 0 fully saturated rings. The van der Waals surface area contributed by atoms with Gasteiger partial charge in [0, 0.05) is 23.5 Å². The molecule has 1 aromatic heterocycles. The molecule has 6 nitrogen and oxygen atoms in total. The van der Waals surface area contributed by atoms with Gasteiger partial charge in [-0.1, -0.05) is 112 Å². The van der Waals surface area contributed by atoms with Crippen LogP contribution in [0, 0.1) is 28.4 Å². The highest BCUT2D eigenvalue weighted by atomic mass is 35.5. The van der Waals surface area contributed by atoms with Crippen LogP contribution in [0.4, 0.5) is 5.69 Å². The SMILES string of the molecule is CC.CCC(C)C.CCCC(=N)c1cnc(Cl)cc1C.CCCCC.CCCc1ccc([N+](=O)[O-])cc1OC. The molecule has 7 heteroatoms. The van der Waals surface area contributed by atoms with Crippen molar-refractivity contribution in [2.75, 3.05) is 7.11 Å². The van der Waals surface area contributed by atoms with Gasteiger partial charge in [-0.2, -0.15) is 0 Å². The maximum Gasteiger partial charge on any atom is 0.273 e. The summed E-state index contributed by atoms with van der Waals surface area (Å²) in [5.74, 6) is 1.48. The van der Waals surface area contributed by atoms with E-state index < -0.39 is 4.92 Å². The Morgan fingerprint density at radius 3 is 1.97 bits per heavy atom. The van der Waals surface area contributed by atoms with E-state index >= 15 is 0 Å². The quantitative estimate of drug-likeness (QED) is 0.134. The summed E-state index contributed by atoms with van der Waals surface area (Å²) >= 11 is 5.72. The van der Waals surface area contributed by atoms with E-state index in [0.717, 1.165) is 48.3 Å². The minimum Gasteiger partial charge on any atom is -0.496 e. The fourth-order valence-electron chi connectivity index (χ4n) is 2.90. The van der Waals surface area contributed by atoms with E-state index in [1.807, 2.05) is 20.8 Å². The molecule has 1 aromatic carbocycles. The van der Waals surface area contributed by atoms with Crippen molar-refractivity contribution in [3.63, 3.8) is 0 Å². The molecule has 0 saturated carbocycles. The van der Waals surface area contributed by atoms with E-state index in [1.54, 1.807) is 18.3 Å². The topological polar surface area (TPSA) is 89.1 Å². The van der Waals surface area contributed by atoms with Gasteiger partial charge in [0.15, 0.2) is 0 Å². The lowest BCUT2D eigenvalue weighted by molar-refractivity contribution is -0.384. The van der Waals surface area contributed by atoms with E-state index in [-0.39, 0.29) is 5.69 Å². The highest BCUT2D eigenvalue weighted by molar-refractivity contribution is 6.29. The number of nitro groups is 1. The number of aromatic nitrogens is 1. The molecule has 2 aromatic rings. The first-order valence-corrected chi connectivity index (χ1v) is 14.9. The number of methoxy groups -OCH3 is 1. The Morgan fingerprint density at radius 1 is 1.05 bits per heavy atom. The Kier molecular flexibility index (Phi) is 28.5. The molecule has 2 rings (SSSR count). The Labute approximate surface area is 244 Å². The third-order valence-corrected chi connectivity index (χ3v) is 5.63. The first kappa shape index (κ1) is 41.0. The van der Waals surface area contributed by atoms with Crippen molar-refractivity contribution in [2.45, 2.75) is 121 Å². The number of nitrogens with one attached hydrogen (secondary N) is 1. The second kappa shape index (κ2) is 27.1. The maximum atomic E-state index is 10.5. The van der Waals surface area contributed by atoms with Gasteiger partial charge in [-0.15, -0.1) is 0 Å². The predicted octanol–water partition coefficient (Wildman–Crippen LogP) is 11.0. The molecule has 0 saturated heterocycles. The lowest BCUT2D eigenvalue weighted by Gasteiger charge is -2.06. The van der Waals surface area contributed by atoms with Gasteiger partial charge < -0.3 is 10.1 Å². The zero-order chi connectivity index (χ0) is 30.8. The molecule has 0 spiro atoms. The number of nitrogens with zero attached hydrogens (tertiary/aromatic N) is 2. The summed E-state index contributed by atoms with van der Waals surface area (Å²) in [6, 6.07) is 6.51. The number of benzene rings is 1. The summed E-state index contributed by atoms with van der Waals surface area (Å²) in [4.78, 5) is 14.0. The number of pyridine rings is 1. The second-order valence-corrected chi connectivity index (χ2v) is 9.60. The van der Waals surface area contributed by atoms with Gasteiger partial charge in [0.2, 0.25) is 0 Å². The second-order valence-electron chi connectivity index (χ2n) is 9.21. The van der Waals surface area contributed by atoms with Crippen LogP contribution in [-0.4, -0.2) is 22.7 Å². The Morgan fingerprint density at radius 2 is 1.62 bits per heavy atom. The number of ether oxygens (including phenoxy) is 1. The fraction of sp³-hybridized carbons (Fsp3) is 0.625. The number of hydrogen-bond acceptors (Lipinski definition) is 5. The molecular weight excluding hydrogens is 510 g/mol. The molecule has 0 aliphatic rings. The van der Waals surface area contributed by atoms with Crippen LogP contribution in [0.3, 0.4) is 0 Å². The maximum absolute atomic E-state index is 10.5. The normalized spacial score (nSPS) is 9.36. The number of halogens is 1. The van der Waals surface area contributed by atoms with E-state index in [0.29, 0.717) is 16.6 Å². The average Bonchev–Trinajstić information content (AvgIpc) is 2.91. The standard InChI is InChI=1S/C10H13ClN2.C10H13NO3.2C5H12.C2H6/c1-3-4-9(12)8-6-13-10(11)5-7(8)2;1-3-4-8-5-6-9(11(12)13)7-10(8)14-2;1-4-5(2)3;1-3-5-4-2;1-2/h5-6,12H,3-4H2,1-2H3;5-7H,3-4H2,1-2H3;5H,4H2,1-3H3;3-5H2,1-2H3;1-2H3. The van der Waals surface area contributed by atoms with Gasteiger partial charge in [-0.05, 0) is 48.9 Å². The molecule has 0 aliphatic heterocycles. The van der Waals surface area contributed by atoms with Crippen molar-refractivity contribution < 1.29 is 9.66 Å². The summed E-state index contributed by atoms with van der Waals surface area (Å²) in [6.45, 7) is 21.1. The summed E-state index contributed by atoms with van der Waals surface area (Å²) < 4.78 is 5.08.